The van der Waals surface area contributed by atoms with Crippen LogP contribution in [0.3, 0.4) is 0 Å². The van der Waals surface area contributed by atoms with Gasteiger partial charge in [-0.3, -0.25) is 9.59 Å². The second-order valence-electron chi connectivity index (χ2n) is 7.99. The van der Waals surface area contributed by atoms with Crippen molar-refractivity contribution in [2.75, 3.05) is 5.32 Å². The van der Waals surface area contributed by atoms with Gasteiger partial charge in [-0.2, -0.15) is 0 Å². The zero-order valence-electron chi connectivity index (χ0n) is 15.7. The van der Waals surface area contributed by atoms with Crippen LogP contribution in [0.2, 0.25) is 0 Å². The first-order valence-electron chi connectivity index (χ1n) is 9.25. The van der Waals surface area contributed by atoms with E-state index in [1.165, 1.54) is 24.0 Å². The van der Waals surface area contributed by atoms with Crippen LogP contribution >= 0.6 is 0 Å². The van der Waals surface area contributed by atoms with Gasteiger partial charge < -0.3 is 9.84 Å². The second kappa shape index (κ2) is 7.44. The van der Waals surface area contributed by atoms with E-state index in [-0.39, 0.29) is 29.9 Å². The Morgan fingerprint density at radius 1 is 1.08 bits per heavy atom. The van der Waals surface area contributed by atoms with Crippen molar-refractivity contribution in [3.05, 3.63) is 46.7 Å². The maximum absolute atomic E-state index is 12.4. The molecule has 3 rings (SSSR count). The minimum absolute atomic E-state index is 0.00376. The SMILES string of the molecule is CC(C)(C)c1cc(NC(=O)CCC(=O)c2ccc3c(c2)CCCC3)no1. The zero-order chi connectivity index (χ0) is 18.7. The number of aromatic nitrogens is 1. The zero-order valence-corrected chi connectivity index (χ0v) is 15.7. The molecular formula is C21H26N2O3. The number of nitrogens with one attached hydrogen (secondary N) is 1. The smallest absolute Gasteiger partial charge is 0.226 e. The molecule has 138 valence electrons. The molecule has 0 saturated heterocycles. The number of anilines is 1. The number of aryl methyl sites for hydroxylation is 2. The largest absolute Gasteiger partial charge is 0.359 e. The Kier molecular flexibility index (Phi) is 5.25. The molecule has 26 heavy (non-hydrogen) atoms. The average molecular weight is 354 g/mol. The van der Waals surface area contributed by atoms with E-state index >= 15 is 0 Å². The number of amides is 1. The molecule has 0 fully saturated rings. The van der Waals surface area contributed by atoms with E-state index in [1.807, 2.05) is 32.9 Å². The van der Waals surface area contributed by atoms with Gasteiger partial charge in [0.1, 0.15) is 5.76 Å². The summed E-state index contributed by atoms with van der Waals surface area (Å²) >= 11 is 0. The van der Waals surface area contributed by atoms with Crippen molar-refractivity contribution in [3.63, 3.8) is 0 Å². The van der Waals surface area contributed by atoms with Gasteiger partial charge in [-0.25, -0.2) is 0 Å². The van der Waals surface area contributed by atoms with Gasteiger partial charge in [-0.05, 0) is 42.9 Å². The standard InChI is InChI=1S/C21H26N2O3/c1-21(2,3)18-13-19(23-26-18)22-20(25)11-10-17(24)16-9-8-14-6-4-5-7-15(14)12-16/h8-9,12-13H,4-7,10-11H2,1-3H3,(H,22,23,25). The number of Topliss-reactive ketones (excluding diaryl/α,β-unsaturated/α-hetero) is 1. The molecule has 5 nitrogen and oxygen atoms in total. The predicted octanol–water partition coefficient (Wildman–Crippen LogP) is 4.45. The third-order valence-electron chi connectivity index (χ3n) is 4.77. The van der Waals surface area contributed by atoms with E-state index in [9.17, 15) is 9.59 Å². The average Bonchev–Trinajstić information content (AvgIpc) is 3.08. The van der Waals surface area contributed by atoms with Crippen LogP contribution in [0.25, 0.3) is 0 Å². The van der Waals surface area contributed by atoms with Gasteiger partial charge in [-0.15, -0.1) is 0 Å². The van der Waals surface area contributed by atoms with Crippen molar-refractivity contribution >= 4 is 17.5 Å². The van der Waals surface area contributed by atoms with Crippen LogP contribution < -0.4 is 5.32 Å². The van der Waals surface area contributed by atoms with E-state index < -0.39 is 0 Å². The molecule has 1 aliphatic rings. The summed E-state index contributed by atoms with van der Waals surface area (Å²) in [6, 6.07) is 7.67. The van der Waals surface area contributed by atoms with Gasteiger partial charge in [0, 0.05) is 29.9 Å². The molecule has 2 aromatic rings. The lowest BCUT2D eigenvalue weighted by Crippen LogP contribution is -2.14. The minimum Gasteiger partial charge on any atom is -0.359 e. The number of carbonyl (C=O) groups excluding carboxylic acids is 2. The summed E-state index contributed by atoms with van der Waals surface area (Å²) in [6.07, 6.45) is 4.86. The Hall–Kier alpha value is -2.43. The lowest BCUT2D eigenvalue weighted by molar-refractivity contribution is -0.116. The molecular weight excluding hydrogens is 328 g/mol. The van der Waals surface area contributed by atoms with E-state index in [1.54, 1.807) is 6.07 Å². The highest BCUT2D eigenvalue weighted by Crippen LogP contribution is 2.25. The molecule has 1 aliphatic carbocycles. The van der Waals surface area contributed by atoms with Gasteiger partial charge in [0.2, 0.25) is 5.91 Å². The molecule has 0 saturated carbocycles. The monoisotopic (exact) mass is 354 g/mol. The molecule has 1 heterocycles. The fourth-order valence-electron chi connectivity index (χ4n) is 3.17. The van der Waals surface area contributed by atoms with Gasteiger partial charge in [0.05, 0.1) is 0 Å². The van der Waals surface area contributed by atoms with Crippen molar-refractivity contribution < 1.29 is 14.1 Å². The van der Waals surface area contributed by atoms with Crippen molar-refractivity contribution in [2.45, 2.75) is 64.7 Å². The highest BCUT2D eigenvalue weighted by Gasteiger charge is 2.20. The van der Waals surface area contributed by atoms with Crippen molar-refractivity contribution in [1.29, 1.82) is 0 Å². The second-order valence-corrected chi connectivity index (χ2v) is 7.99. The summed E-state index contributed by atoms with van der Waals surface area (Å²) in [5.41, 5.74) is 3.17. The Labute approximate surface area is 154 Å². The molecule has 1 N–H and O–H groups in total. The van der Waals surface area contributed by atoms with Crippen LogP contribution in [-0.4, -0.2) is 16.8 Å². The summed E-state index contributed by atoms with van der Waals surface area (Å²) in [6.45, 7) is 6.03. The number of benzene rings is 1. The molecule has 0 radical (unpaired) electrons. The van der Waals surface area contributed by atoms with Gasteiger partial charge >= 0.3 is 0 Å². The highest BCUT2D eigenvalue weighted by atomic mass is 16.5. The number of fused-ring (bicyclic) bond motifs is 1. The van der Waals surface area contributed by atoms with E-state index in [2.05, 4.69) is 16.5 Å². The quantitative estimate of drug-likeness (QED) is 0.805. The fourth-order valence-corrected chi connectivity index (χ4v) is 3.17. The Morgan fingerprint density at radius 2 is 1.81 bits per heavy atom. The fraction of sp³-hybridized carbons (Fsp3) is 0.476. The number of carbonyl (C=O) groups is 2. The predicted molar refractivity (Wildman–Crippen MR) is 100 cm³/mol. The number of ketones is 1. The maximum atomic E-state index is 12.4. The summed E-state index contributed by atoms with van der Waals surface area (Å²) in [5.74, 6) is 0.869. The molecule has 1 aromatic carbocycles. The highest BCUT2D eigenvalue weighted by molar-refractivity contribution is 6.00. The Balaban J connectivity index is 1.54. The van der Waals surface area contributed by atoms with Crippen LogP contribution in [-0.2, 0) is 23.1 Å². The minimum atomic E-state index is -0.231. The molecule has 5 heteroatoms. The molecule has 1 amide bonds. The molecule has 0 unspecified atom stereocenters. The molecule has 0 bridgehead atoms. The summed E-state index contributed by atoms with van der Waals surface area (Å²) < 4.78 is 5.25. The van der Waals surface area contributed by atoms with Gasteiger partial charge in [0.25, 0.3) is 0 Å². The van der Waals surface area contributed by atoms with Crippen LogP contribution in [0.4, 0.5) is 5.82 Å². The number of rotatable bonds is 5. The first-order chi connectivity index (χ1) is 12.3. The maximum Gasteiger partial charge on any atom is 0.226 e. The first kappa shape index (κ1) is 18.4. The topological polar surface area (TPSA) is 72.2 Å². The summed E-state index contributed by atoms with van der Waals surface area (Å²) in [5, 5.41) is 6.56. The van der Waals surface area contributed by atoms with Gasteiger partial charge in [-0.1, -0.05) is 38.1 Å². The molecule has 0 atom stereocenters. The summed E-state index contributed by atoms with van der Waals surface area (Å²) in [4.78, 5) is 24.5. The third-order valence-corrected chi connectivity index (χ3v) is 4.77. The van der Waals surface area contributed by atoms with Crippen LogP contribution in [0.5, 0.6) is 0 Å². The lowest BCUT2D eigenvalue weighted by atomic mass is 9.89. The van der Waals surface area contributed by atoms with Crippen molar-refractivity contribution in [1.82, 2.24) is 5.16 Å². The van der Waals surface area contributed by atoms with E-state index in [0.29, 0.717) is 17.1 Å². The number of hydrogen-bond acceptors (Lipinski definition) is 4. The van der Waals surface area contributed by atoms with E-state index in [4.69, 9.17) is 4.52 Å². The molecule has 1 aromatic heterocycles. The van der Waals surface area contributed by atoms with Crippen molar-refractivity contribution in [2.24, 2.45) is 0 Å². The summed E-state index contributed by atoms with van der Waals surface area (Å²) in [7, 11) is 0. The first-order valence-corrected chi connectivity index (χ1v) is 9.25. The normalized spacial score (nSPS) is 14.0. The van der Waals surface area contributed by atoms with Gasteiger partial charge in [0.15, 0.2) is 11.6 Å². The van der Waals surface area contributed by atoms with Crippen molar-refractivity contribution in [3.8, 4) is 0 Å². The third kappa shape index (κ3) is 4.40. The Bertz CT molecular complexity index is 815. The number of nitrogens with zero attached hydrogens (tertiary/aromatic N) is 1. The van der Waals surface area contributed by atoms with E-state index in [0.717, 1.165) is 12.8 Å². The van der Waals surface area contributed by atoms with Crippen LogP contribution in [0.15, 0.2) is 28.8 Å². The Morgan fingerprint density at radius 3 is 2.50 bits per heavy atom. The molecule has 0 aliphatic heterocycles. The van der Waals surface area contributed by atoms with Crippen LogP contribution in [0.1, 0.15) is 73.7 Å². The van der Waals surface area contributed by atoms with Crippen LogP contribution in [0, 0.1) is 0 Å². The number of hydrogen-bond donors (Lipinski definition) is 1. The lowest BCUT2D eigenvalue weighted by Gasteiger charge is -2.16. The molecule has 0 spiro atoms.